The number of nitrogens with zero attached hydrogens (tertiary/aromatic N) is 1. The lowest BCUT2D eigenvalue weighted by Gasteiger charge is -2.28. The number of hydrogen-bond acceptors (Lipinski definition) is 3. The Kier molecular flexibility index (Phi) is 8.15. The van der Waals surface area contributed by atoms with E-state index < -0.39 is 0 Å². The smallest absolute Gasteiger partial charge is 0.255 e. The largest absolute Gasteiger partial charge is 0.507 e. The predicted molar refractivity (Wildman–Crippen MR) is 163 cm³/mol. The van der Waals surface area contributed by atoms with Gasteiger partial charge in [-0.2, -0.15) is 0 Å². The van der Waals surface area contributed by atoms with Gasteiger partial charge in [0.05, 0.1) is 0 Å². The number of nitrogens with one attached hydrogen (secondary N) is 1. The topological polar surface area (TPSA) is 52.6 Å². The van der Waals surface area contributed by atoms with Crippen molar-refractivity contribution < 1.29 is 9.90 Å². The molecule has 202 valence electrons. The summed E-state index contributed by atoms with van der Waals surface area (Å²) in [6, 6.07) is 32.5. The Morgan fingerprint density at radius 1 is 0.692 bits per heavy atom. The number of rotatable bonds is 7. The molecule has 0 aliphatic rings. The zero-order valence-corrected chi connectivity index (χ0v) is 24.0. The number of carbonyl (C=O) groups is 1. The lowest BCUT2D eigenvalue weighted by atomic mass is 9.78. The van der Waals surface area contributed by atoms with E-state index >= 15 is 0 Å². The minimum absolute atomic E-state index is 0.191. The minimum atomic E-state index is -0.303. The molecule has 4 heteroatoms. The molecule has 4 aromatic rings. The van der Waals surface area contributed by atoms with E-state index in [1.165, 1.54) is 11.1 Å². The van der Waals surface area contributed by atoms with Crippen molar-refractivity contribution in [1.29, 1.82) is 0 Å². The molecule has 0 spiro atoms. The number of anilines is 2. The van der Waals surface area contributed by atoms with Crippen molar-refractivity contribution in [3.63, 3.8) is 0 Å². The van der Waals surface area contributed by atoms with Crippen LogP contribution in [0.15, 0.2) is 97.1 Å². The normalized spacial score (nSPS) is 11.7. The maximum Gasteiger partial charge on any atom is 0.255 e. The zero-order chi connectivity index (χ0) is 28.2. The molecule has 2 N–H and O–H groups in total. The van der Waals surface area contributed by atoms with E-state index in [1.807, 2.05) is 77.9 Å². The van der Waals surface area contributed by atoms with Gasteiger partial charge in [0, 0.05) is 41.2 Å². The summed E-state index contributed by atoms with van der Waals surface area (Å²) in [5.74, 6) is 0.0806. The number of hydrogen-bond donors (Lipinski definition) is 2. The van der Waals surface area contributed by atoms with Gasteiger partial charge in [0.25, 0.3) is 5.91 Å². The predicted octanol–water partition coefficient (Wildman–Crippen LogP) is 8.45. The van der Waals surface area contributed by atoms with Crippen molar-refractivity contribution in [2.45, 2.75) is 65.5 Å². The highest BCUT2D eigenvalue weighted by Gasteiger charge is 2.28. The Bertz CT molecular complexity index is 1320. The van der Waals surface area contributed by atoms with Crippen LogP contribution in [0, 0.1) is 0 Å². The van der Waals surface area contributed by atoms with E-state index in [2.05, 4.69) is 70.9 Å². The molecule has 0 saturated heterocycles. The average molecular weight is 521 g/mol. The van der Waals surface area contributed by atoms with Gasteiger partial charge in [-0.15, -0.1) is 0 Å². The monoisotopic (exact) mass is 520 g/mol. The second kappa shape index (κ2) is 11.4. The second-order valence-electron chi connectivity index (χ2n) is 12.2. The van der Waals surface area contributed by atoms with Gasteiger partial charge in [0.1, 0.15) is 5.75 Å². The highest BCUT2D eigenvalue weighted by molar-refractivity contribution is 6.04. The van der Waals surface area contributed by atoms with E-state index in [-0.39, 0.29) is 22.5 Å². The van der Waals surface area contributed by atoms with Crippen molar-refractivity contribution in [1.82, 2.24) is 0 Å². The van der Waals surface area contributed by atoms with Gasteiger partial charge < -0.3 is 15.3 Å². The minimum Gasteiger partial charge on any atom is -0.507 e. The zero-order valence-electron chi connectivity index (χ0n) is 24.0. The van der Waals surface area contributed by atoms with Crippen LogP contribution >= 0.6 is 0 Å². The highest BCUT2D eigenvalue weighted by atomic mass is 16.3. The lowest BCUT2D eigenvalue weighted by Crippen LogP contribution is -2.22. The van der Waals surface area contributed by atoms with Crippen LogP contribution in [0.25, 0.3) is 0 Å². The van der Waals surface area contributed by atoms with E-state index in [4.69, 9.17) is 0 Å². The first kappa shape index (κ1) is 28.0. The summed E-state index contributed by atoms with van der Waals surface area (Å²) in [7, 11) is 0. The number of amides is 1. The van der Waals surface area contributed by atoms with Crippen molar-refractivity contribution in [3.05, 3.63) is 125 Å². The molecule has 4 nitrogen and oxygen atoms in total. The fraction of sp³-hybridized carbons (Fsp3) is 0.286. The van der Waals surface area contributed by atoms with Crippen LogP contribution < -0.4 is 10.2 Å². The SMILES string of the molecule is CC(C)(C)c1cc(C(=O)Nc2ccc(N(Cc3ccccc3)Cc3ccccc3)cc2)cc(C(C)(C)C)c1O. The Morgan fingerprint density at radius 2 is 1.13 bits per heavy atom. The van der Waals surface area contributed by atoms with Crippen LogP contribution in [-0.4, -0.2) is 11.0 Å². The van der Waals surface area contributed by atoms with Gasteiger partial charge in [-0.1, -0.05) is 102 Å². The first-order valence-corrected chi connectivity index (χ1v) is 13.5. The van der Waals surface area contributed by atoms with E-state index in [1.54, 1.807) is 0 Å². The molecular formula is C35H40N2O2. The van der Waals surface area contributed by atoms with Crippen LogP contribution in [0.5, 0.6) is 5.75 Å². The molecule has 0 heterocycles. The molecule has 0 saturated carbocycles. The summed E-state index contributed by atoms with van der Waals surface area (Å²) in [6.45, 7) is 13.8. The Labute approximate surface area is 233 Å². The molecule has 0 aliphatic carbocycles. The number of carbonyl (C=O) groups excluding carboxylic acids is 1. The Morgan fingerprint density at radius 3 is 1.54 bits per heavy atom. The van der Waals surface area contributed by atoms with Crippen molar-refractivity contribution in [3.8, 4) is 5.75 Å². The van der Waals surface area contributed by atoms with Gasteiger partial charge in [-0.25, -0.2) is 0 Å². The maximum absolute atomic E-state index is 13.4. The third kappa shape index (κ3) is 7.08. The average Bonchev–Trinajstić information content (AvgIpc) is 2.89. The second-order valence-corrected chi connectivity index (χ2v) is 12.2. The van der Waals surface area contributed by atoms with Crippen molar-refractivity contribution in [2.24, 2.45) is 0 Å². The molecule has 1 amide bonds. The number of aromatic hydroxyl groups is 1. The van der Waals surface area contributed by atoms with Crippen LogP contribution in [-0.2, 0) is 23.9 Å². The molecule has 0 unspecified atom stereocenters. The first-order chi connectivity index (χ1) is 18.4. The summed E-state index contributed by atoms with van der Waals surface area (Å²) in [5, 5.41) is 14.1. The molecular weight excluding hydrogens is 480 g/mol. The Balaban J connectivity index is 1.58. The maximum atomic E-state index is 13.4. The summed E-state index contributed by atoms with van der Waals surface area (Å²) in [5.41, 5.74) is 5.76. The summed E-state index contributed by atoms with van der Waals surface area (Å²) >= 11 is 0. The molecule has 0 atom stereocenters. The van der Waals surface area contributed by atoms with Gasteiger partial charge in [-0.3, -0.25) is 4.79 Å². The summed E-state index contributed by atoms with van der Waals surface area (Å²) < 4.78 is 0. The van der Waals surface area contributed by atoms with E-state index in [9.17, 15) is 9.90 Å². The molecule has 4 aromatic carbocycles. The third-order valence-corrected chi connectivity index (χ3v) is 6.91. The quantitative estimate of drug-likeness (QED) is 0.257. The third-order valence-electron chi connectivity index (χ3n) is 6.91. The number of benzene rings is 4. The number of phenolic OH excluding ortho intramolecular Hbond substituents is 1. The summed E-state index contributed by atoms with van der Waals surface area (Å²) in [4.78, 5) is 15.7. The van der Waals surface area contributed by atoms with Gasteiger partial charge >= 0.3 is 0 Å². The lowest BCUT2D eigenvalue weighted by molar-refractivity contribution is 0.102. The Hall–Kier alpha value is -4.05. The molecule has 39 heavy (non-hydrogen) atoms. The van der Waals surface area contributed by atoms with Crippen LogP contribution in [0.4, 0.5) is 11.4 Å². The van der Waals surface area contributed by atoms with Gasteiger partial charge in [0.15, 0.2) is 0 Å². The van der Waals surface area contributed by atoms with Crippen LogP contribution in [0.1, 0.15) is 74.2 Å². The van der Waals surface area contributed by atoms with E-state index in [0.717, 1.165) is 35.6 Å². The van der Waals surface area contributed by atoms with E-state index in [0.29, 0.717) is 5.56 Å². The fourth-order valence-electron chi connectivity index (χ4n) is 4.71. The fourth-order valence-corrected chi connectivity index (χ4v) is 4.71. The molecule has 0 bridgehead atoms. The standard InChI is InChI=1S/C35H40N2O2/c1-34(2,3)30-21-27(22-31(32(30)38)35(4,5)6)33(39)36-28-17-19-29(20-18-28)37(23-25-13-9-7-10-14-25)24-26-15-11-8-12-16-26/h7-22,38H,23-24H2,1-6H3,(H,36,39). The van der Waals surface area contributed by atoms with Crippen LogP contribution in [0.2, 0.25) is 0 Å². The molecule has 0 aromatic heterocycles. The van der Waals surface area contributed by atoms with Gasteiger partial charge in [-0.05, 0) is 58.4 Å². The highest BCUT2D eigenvalue weighted by Crippen LogP contribution is 2.40. The van der Waals surface area contributed by atoms with Crippen molar-refractivity contribution >= 4 is 17.3 Å². The molecule has 0 fully saturated rings. The molecule has 0 radical (unpaired) electrons. The van der Waals surface area contributed by atoms with Crippen molar-refractivity contribution in [2.75, 3.05) is 10.2 Å². The molecule has 4 rings (SSSR count). The summed E-state index contributed by atoms with van der Waals surface area (Å²) in [6.07, 6.45) is 0. The first-order valence-electron chi connectivity index (χ1n) is 13.5. The molecule has 0 aliphatic heterocycles. The van der Waals surface area contributed by atoms with Crippen LogP contribution in [0.3, 0.4) is 0 Å². The number of phenols is 1. The van der Waals surface area contributed by atoms with Gasteiger partial charge in [0.2, 0.25) is 0 Å².